The highest BCUT2D eigenvalue weighted by atomic mass is 32.2. The largest absolute Gasteiger partial charge is 0.355 e. The summed E-state index contributed by atoms with van der Waals surface area (Å²) >= 11 is 0. The van der Waals surface area contributed by atoms with Crippen molar-refractivity contribution in [1.29, 1.82) is 0 Å². The first-order valence-corrected chi connectivity index (χ1v) is 12.6. The van der Waals surface area contributed by atoms with E-state index >= 15 is 0 Å². The molecule has 4 rings (SSSR count). The summed E-state index contributed by atoms with van der Waals surface area (Å²) < 4.78 is 14.9. The third-order valence-electron chi connectivity index (χ3n) is 6.64. The molecule has 0 spiro atoms. The lowest BCUT2D eigenvalue weighted by Gasteiger charge is -2.30. The molecule has 9 heteroatoms. The number of allylic oxidation sites excluding steroid dienone is 1. The first kappa shape index (κ1) is 23.1. The van der Waals surface area contributed by atoms with E-state index in [-0.39, 0.29) is 5.25 Å². The lowest BCUT2D eigenvalue weighted by molar-refractivity contribution is -0.125. The number of aromatic nitrogens is 1. The van der Waals surface area contributed by atoms with Crippen molar-refractivity contribution < 1.29 is 14.2 Å². The number of anilines is 1. The highest BCUT2D eigenvalue weighted by Gasteiger charge is 2.28. The molecule has 32 heavy (non-hydrogen) atoms. The number of nitrogens with zero attached hydrogens (tertiary/aromatic N) is 4. The van der Waals surface area contributed by atoms with Gasteiger partial charge in [0.05, 0.1) is 5.25 Å². The van der Waals surface area contributed by atoms with Gasteiger partial charge >= 0.3 is 0 Å². The maximum Gasteiger partial charge on any atom is 0.270 e. The molecular formula is C23H33N5O3S. The molecule has 174 valence electrons. The number of amides is 1. The Balaban J connectivity index is 1.33. The molecule has 1 aromatic rings. The third-order valence-corrected chi connectivity index (χ3v) is 8.39. The number of nitrogens with one attached hydrogen (secondary N) is 1. The zero-order valence-corrected chi connectivity index (χ0v) is 19.5. The van der Waals surface area contributed by atoms with Crippen molar-refractivity contribution in [1.82, 2.24) is 19.7 Å². The smallest absolute Gasteiger partial charge is 0.270 e. The van der Waals surface area contributed by atoms with Crippen LogP contribution in [0.1, 0.15) is 37.2 Å². The van der Waals surface area contributed by atoms with Gasteiger partial charge in [0, 0.05) is 50.4 Å². The minimum atomic E-state index is -1.12. The number of likely N-dealkylation sites (N-methyl/N-ethyl adjacent to an activating group) is 1. The van der Waals surface area contributed by atoms with Crippen molar-refractivity contribution >= 4 is 22.7 Å². The zero-order valence-electron chi connectivity index (χ0n) is 18.7. The van der Waals surface area contributed by atoms with Crippen molar-refractivity contribution in [2.24, 2.45) is 0 Å². The summed E-state index contributed by atoms with van der Waals surface area (Å²) in [5.41, 5.74) is 3.42. The number of carbonyl (C=O) groups is 1. The van der Waals surface area contributed by atoms with Crippen LogP contribution < -0.4 is 10.4 Å². The summed E-state index contributed by atoms with van der Waals surface area (Å²) in [6.45, 7) is 5.27. The molecule has 3 atom stereocenters. The maximum atomic E-state index is 13.0. The average Bonchev–Trinajstić information content (AvgIpc) is 3.08. The number of hydrogen-bond donors (Lipinski definition) is 2. The van der Waals surface area contributed by atoms with E-state index in [4.69, 9.17) is 10.2 Å². The molecule has 0 radical (unpaired) electrons. The summed E-state index contributed by atoms with van der Waals surface area (Å²) in [5, 5.41) is 8.75. The van der Waals surface area contributed by atoms with E-state index in [9.17, 15) is 9.00 Å². The quantitative estimate of drug-likeness (QED) is 0.397. The van der Waals surface area contributed by atoms with E-state index in [2.05, 4.69) is 41.1 Å². The molecule has 2 aliphatic heterocycles. The van der Waals surface area contributed by atoms with E-state index in [1.165, 1.54) is 5.56 Å². The topological polar surface area (TPSA) is 89.0 Å². The predicted octanol–water partition coefficient (Wildman–Crippen LogP) is 1.83. The highest BCUT2D eigenvalue weighted by Crippen LogP contribution is 2.31. The Morgan fingerprint density at radius 1 is 1.16 bits per heavy atom. The Kier molecular flexibility index (Phi) is 7.72. The average molecular weight is 460 g/mol. The van der Waals surface area contributed by atoms with E-state index in [0.717, 1.165) is 51.3 Å². The Labute approximate surface area is 192 Å². The number of rotatable bonds is 5. The van der Waals surface area contributed by atoms with Crippen molar-refractivity contribution in [3.05, 3.63) is 47.7 Å². The Morgan fingerprint density at radius 3 is 2.69 bits per heavy atom. The molecule has 0 aromatic carbocycles. The molecule has 8 nitrogen and oxygen atoms in total. The van der Waals surface area contributed by atoms with Gasteiger partial charge in [0.25, 0.3) is 5.91 Å². The van der Waals surface area contributed by atoms with Crippen LogP contribution in [0.5, 0.6) is 0 Å². The van der Waals surface area contributed by atoms with Crippen LogP contribution in [0.25, 0.3) is 0 Å². The van der Waals surface area contributed by atoms with Gasteiger partial charge in [-0.3, -0.25) is 10.0 Å². The van der Waals surface area contributed by atoms with E-state index in [0.29, 0.717) is 31.0 Å². The maximum absolute atomic E-state index is 13.0. The highest BCUT2D eigenvalue weighted by molar-refractivity contribution is 7.83. The number of hydroxylamine groups is 1. The fourth-order valence-corrected chi connectivity index (χ4v) is 6.04. The van der Waals surface area contributed by atoms with Gasteiger partial charge in [-0.2, -0.15) is 0 Å². The molecule has 3 aliphatic rings. The summed E-state index contributed by atoms with van der Waals surface area (Å²) in [6, 6.07) is 4.32. The van der Waals surface area contributed by atoms with Crippen LogP contribution in [0.2, 0.25) is 0 Å². The van der Waals surface area contributed by atoms with Crippen molar-refractivity contribution in [2.45, 2.75) is 36.9 Å². The van der Waals surface area contributed by atoms with Crippen LogP contribution in [-0.4, -0.2) is 81.1 Å². The normalized spacial score (nSPS) is 26.3. The standard InChI is InChI=1S/C23H33N5O3S/c1-26-11-2-12-27(16-15-26)22-8-5-20(17-24-22)18-3-6-21(7-4-18)32(31)28-13-9-19(10-14-28)23(29)25-30/h3,5-6,8-9,17-18,21,30H,2,4,7,10-16H2,1H3,(H,25,29). The lowest BCUT2D eigenvalue weighted by Crippen LogP contribution is -2.38. The molecular weight excluding hydrogens is 426 g/mol. The molecule has 1 saturated heterocycles. The van der Waals surface area contributed by atoms with Crippen molar-refractivity contribution in [3.63, 3.8) is 0 Å². The summed E-state index contributed by atoms with van der Waals surface area (Å²) in [4.78, 5) is 21.0. The second-order valence-electron chi connectivity index (χ2n) is 8.79. The number of hydrogen-bond acceptors (Lipinski definition) is 6. The zero-order chi connectivity index (χ0) is 22.5. The van der Waals surface area contributed by atoms with Gasteiger partial charge in [0.15, 0.2) is 0 Å². The Bertz CT molecular complexity index is 888. The molecule has 2 N–H and O–H groups in total. The van der Waals surface area contributed by atoms with E-state index < -0.39 is 16.9 Å². The molecule has 1 amide bonds. The molecule has 3 unspecified atom stereocenters. The van der Waals surface area contributed by atoms with Crippen molar-refractivity contribution in [2.75, 3.05) is 51.2 Å². The fraction of sp³-hybridized carbons (Fsp3) is 0.565. The molecule has 3 heterocycles. The summed E-state index contributed by atoms with van der Waals surface area (Å²) in [7, 11) is 1.05. The molecule has 1 fully saturated rings. The van der Waals surface area contributed by atoms with Crippen LogP contribution in [0, 0.1) is 0 Å². The summed E-state index contributed by atoms with van der Waals surface area (Å²) in [5.74, 6) is 0.884. The van der Waals surface area contributed by atoms with E-state index in [1.807, 2.05) is 10.5 Å². The first-order chi connectivity index (χ1) is 15.5. The van der Waals surface area contributed by atoms with Crippen molar-refractivity contribution in [3.8, 4) is 0 Å². The molecule has 0 saturated carbocycles. The van der Waals surface area contributed by atoms with Gasteiger partial charge in [0.1, 0.15) is 16.8 Å². The molecule has 1 aliphatic carbocycles. The van der Waals surface area contributed by atoms with Crippen LogP contribution in [0.3, 0.4) is 0 Å². The van der Waals surface area contributed by atoms with Crippen LogP contribution in [-0.2, 0) is 15.8 Å². The third kappa shape index (κ3) is 5.46. The number of carbonyl (C=O) groups excluding carboxylic acids is 1. The minimum absolute atomic E-state index is 0.00538. The van der Waals surface area contributed by atoms with Gasteiger partial charge in [-0.05, 0) is 50.9 Å². The van der Waals surface area contributed by atoms with Gasteiger partial charge in [-0.25, -0.2) is 19.0 Å². The van der Waals surface area contributed by atoms with E-state index in [1.54, 1.807) is 11.6 Å². The van der Waals surface area contributed by atoms with Gasteiger partial charge in [-0.1, -0.05) is 24.3 Å². The SMILES string of the molecule is CN1CCCN(c2ccc(C3C=CC(S(=O)N4CC=C(C(=O)NO)CC4)CC3)cn2)CC1. The minimum Gasteiger partial charge on any atom is -0.355 e. The fourth-order valence-electron chi connectivity index (χ4n) is 4.60. The first-order valence-electron chi connectivity index (χ1n) is 11.4. The monoisotopic (exact) mass is 459 g/mol. The van der Waals surface area contributed by atoms with Crippen LogP contribution in [0.4, 0.5) is 5.82 Å². The van der Waals surface area contributed by atoms with Crippen LogP contribution in [0.15, 0.2) is 42.1 Å². The summed E-state index contributed by atoms with van der Waals surface area (Å²) in [6.07, 6.45) is 11.5. The van der Waals surface area contributed by atoms with Gasteiger partial charge in [0.2, 0.25) is 0 Å². The number of pyridine rings is 1. The van der Waals surface area contributed by atoms with Gasteiger partial charge < -0.3 is 9.80 Å². The second kappa shape index (κ2) is 10.7. The molecule has 0 bridgehead atoms. The Morgan fingerprint density at radius 2 is 2.03 bits per heavy atom. The lowest BCUT2D eigenvalue weighted by atomic mass is 9.90. The predicted molar refractivity (Wildman–Crippen MR) is 126 cm³/mol. The Hall–Kier alpha value is -2.07. The van der Waals surface area contributed by atoms with Crippen LogP contribution >= 0.6 is 0 Å². The second-order valence-corrected chi connectivity index (χ2v) is 10.5. The van der Waals surface area contributed by atoms with Gasteiger partial charge in [-0.15, -0.1) is 0 Å². The molecule has 1 aromatic heterocycles.